The molecule has 2 amide bonds. The first-order chi connectivity index (χ1) is 13.2. The van der Waals surface area contributed by atoms with E-state index in [1.54, 1.807) is 4.90 Å². The van der Waals surface area contributed by atoms with Crippen LogP contribution in [-0.4, -0.2) is 53.1 Å². The van der Waals surface area contributed by atoms with Crippen LogP contribution in [0.5, 0.6) is 0 Å². The summed E-state index contributed by atoms with van der Waals surface area (Å²) in [4.78, 5) is 28.9. The molecule has 5 heteroatoms. The van der Waals surface area contributed by atoms with Gasteiger partial charge in [0.15, 0.2) is 0 Å². The number of rotatable bonds is 2. The second-order valence-electron chi connectivity index (χ2n) is 8.26. The van der Waals surface area contributed by atoms with Gasteiger partial charge in [-0.15, -0.1) is 0 Å². The average Bonchev–Trinajstić information content (AvgIpc) is 2.64. The highest BCUT2D eigenvalue weighted by Gasteiger charge is 2.32. The maximum absolute atomic E-state index is 13.0. The van der Waals surface area contributed by atoms with Crippen molar-refractivity contribution in [2.24, 2.45) is 0 Å². The number of fused-ring (bicyclic) bond motifs is 1. The number of carbonyl (C=O) groups is 2. The molecule has 0 radical (unpaired) electrons. The maximum atomic E-state index is 13.0. The lowest BCUT2D eigenvalue weighted by Gasteiger charge is -2.40. The van der Waals surface area contributed by atoms with Crippen molar-refractivity contribution in [2.45, 2.75) is 39.3 Å². The summed E-state index contributed by atoms with van der Waals surface area (Å²) in [5.41, 5.74) is 1.18. The molecule has 0 N–H and O–H groups in total. The Morgan fingerprint density at radius 3 is 2.57 bits per heavy atom. The molecular weight excluding hydrogens is 352 g/mol. The minimum atomic E-state index is -0.529. The number of hydrogen-bond donors (Lipinski definition) is 0. The molecule has 1 heterocycles. The van der Waals surface area contributed by atoms with Gasteiger partial charge in [-0.2, -0.15) is 0 Å². The van der Waals surface area contributed by atoms with Gasteiger partial charge in [0.2, 0.25) is 0 Å². The van der Waals surface area contributed by atoms with Gasteiger partial charge in [-0.3, -0.25) is 4.79 Å². The summed E-state index contributed by atoms with van der Waals surface area (Å²) in [6, 6.07) is 11.6. The largest absolute Gasteiger partial charge is 0.444 e. The summed E-state index contributed by atoms with van der Waals surface area (Å²) in [6.07, 6.45) is 1.50. The summed E-state index contributed by atoms with van der Waals surface area (Å²) >= 11 is 0. The van der Waals surface area contributed by atoms with E-state index in [9.17, 15) is 9.59 Å². The van der Waals surface area contributed by atoms with E-state index in [0.717, 1.165) is 16.3 Å². The quantitative estimate of drug-likeness (QED) is 0.767. The van der Waals surface area contributed by atoms with Crippen molar-refractivity contribution in [1.29, 1.82) is 0 Å². The third-order valence-electron chi connectivity index (χ3n) is 4.92. The second-order valence-corrected chi connectivity index (χ2v) is 8.26. The van der Waals surface area contributed by atoms with E-state index < -0.39 is 5.60 Å². The van der Waals surface area contributed by atoms with Gasteiger partial charge in [-0.25, -0.2) is 4.79 Å². The van der Waals surface area contributed by atoms with Crippen LogP contribution in [0.25, 0.3) is 16.8 Å². The smallest absolute Gasteiger partial charge is 0.410 e. The van der Waals surface area contributed by atoms with Crippen LogP contribution in [0, 0.1) is 0 Å². The normalized spacial score (nSPS) is 17.5. The van der Waals surface area contributed by atoms with Crippen LogP contribution in [0.2, 0.25) is 0 Å². The Kier molecular flexibility index (Phi) is 5.45. The number of benzene rings is 2. The van der Waals surface area contributed by atoms with E-state index in [-0.39, 0.29) is 18.0 Å². The third kappa shape index (κ3) is 4.19. The van der Waals surface area contributed by atoms with E-state index in [1.807, 2.05) is 75.1 Å². The minimum absolute atomic E-state index is 0.0124. The van der Waals surface area contributed by atoms with Gasteiger partial charge in [-0.1, -0.05) is 36.9 Å². The Morgan fingerprint density at radius 2 is 1.93 bits per heavy atom. The standard InChI is InChI=1S/C23H28N2O3/c1-6-17-8-7-9-18-14-19(10-11-20(17)18)21(26)24-12-13-25(16(2)15-24)22(27)28-23(3,4)5/h6-11,14,16H,1,12-13,15H2,2-5H3/t16-/m1/s1. The molecule has 1 fully saturated rings. The zero-order valence-corrected chi connectivity index (χ0v) is 17.1. The van der Waals surface area contributed by atoms with Crippen LogP contribution in [0.15, 0.2) is 43.0 Å². The molecule has 0 saturated carbocycles. The molecule has 1 saturated heterocycles. The van der Waals surface area contributed by atoms with Crippen LogP contribution >= 0.6 is 0 Å². The maximum Gasteiger partial charge on any atom is 0.410 e. The molecule has 1 aliphatic heterocycles. The third-order valence-corrected chi connectivity index (χ3v) is 4.92. The molecule has 148 valence electrons. The number of hydrogen-bond acceptors (Lipinski definition) is 3. The van der Waals surface area contributed by atoms with Crippen LogP contribution in [0.3, 0.4) is 0 Å². The van der Waals surface area contributed by atoms with E-state index in [1.165, 1.54) is 0 Å². The van der Waals surface area contributed by atoms with Gasteiger partial charge in [0, 0.05) is 31.2 Å². The van der Waals surface area contributed by atoms with Gasteiger partial charge >= 0.3 is 6.09 Å². The lowest BCUT2D eigenvalue weighted by molar-refractivity contribution is 0.00199. The summed E-state index contributed by atoms with van der Waals surface area (Å²) < 4.78 is 5.47. The van der Waals surface area contributed by atoms with E-state index in [0.29, 0.717) is 25.2 Å². The fraction of sp³-hybridized carbons (Fsp3) is 0.391. The fourth-order valence-electron chi connectivity index (χ4n) is 3.54. The summed E-state index contributed by atoms with van der Waals surface area (Å²) in [5.74, 6) is -0.0124. The molecule has 2 aromatic rings. The number of carbonyl (C=O) groups excluding carboxylic acids is 2. The Labute approximate surface area is 166 Å². The molecule has 0 bridgehead atoms. The number of piperazine rings is 1. The molecule has 5 nitrogen and oxygen atoms in total. The van der Waals surface area contributed by atoms with E-state index in [4.69, 9.17) is 4.74 Å². The van der Waals surface area contributed by atoms with E-state index in [2.05, 4.69) is 6.58 Å². The van der Waals surface area contributed by atoms with Crippen LogP contribution in [0.4, 0.5) is 4.79 Å². The predicted octanol–water partition coefficient (Wildman–Crippen LogP) is 4.56. The van der Waals surface area contributed by atoms with Gasteiger partial charge in [-0.05, 0) is 56.2 Å². The highest BCUT2D eigenvalue weighted by molar-refractivity contribution is 6.00. The number of amides is 2. The minimum Gasteiger partial charge on any atom is -0.444 e. The van der Waals surface area contributed by atoms with Crippen molar-refractivity contribution >= 4 is 28.8 Å². The highest BCUT2D eigenvalue weighted by atomic mass is 16.6. The topological polar surface area (TPSA) is 49.9 Å². The van der Waals surface area contributed by atoms with Crippen molar-refractivity contribution in [3.05, 3.63) is 54.1 Å². The van der Waals surface area contributed by atoms with Crippen molar-refractivity contribution in [3.63, 3.8) is 0 Å². The molecule has 2 aromatic carbocycles. The van der Waals surface area contributed by atoms with Crippen molar-refractivity contribution in [3.8, 4) is 0 Å². The first-order valence-electron chi connectivity index (χ1n) is 9.64. The van der Waals surface area contributed by atoms with Crippen LogP contribution < -0.4 is 0 Å². The first kappa shape index (κ1) is 19.9. The molecule has 0 unspecified atom stereocenters. The molecule has 0 aromatic heterocycles. The highest BCUT2D eigenvalue weighted by Crippen LogP contribution is 2.23. The first-order valence-corrected chi connectivity index (χ1v) is 9.64. The Morgan fingerprint density at radius 1 is 1.18 bits per heavy atom. The van der Waals surface area contributed by atoms with Crippen molar-refractivity contribution in [2.75, 3.05) is 19.6 Å². The van der Waals surface area contributed by atoms with Crippen molar-refractivity contribution < 1.29 is 14.3 Å². The summed E-state index contributed by atoms with van der Waals surface area (Å²) in [6.45, 7) is 12.8. The van der Waals surface area contributed by atoms with Crippen LogP contribution in [-0.2, 0) is 4.74 Å². The summed E-state index contributed by atoms with van der Waals surface area (Å²) in [5, 5.41) is 2.10. The zero-order chi connectivity index (χ0) is 20.5. The van der Waals surface area contributed by atoms with Gasteiger partial charge < -0.3 is 14.5 Å². The molecule has 3 rings (SSSR count). The molecular formula is C23H28N2O3. The molecule has 0 spiro atoms. The summed E-state index contributed by atoms with van der Waals surface area (Å²) in [7, 11) is 0. The van der Waals surface area contributed by atoms with Crippen LogP contribution in [0.1, 0.15) is 43.6 Å². The Bertz CT molecular complexity index is 914. The molecule has 28 heavy (non-hydrogen) atoms. The molecule has 1 aliphatic rings. The van der Waals surface area contributed by atoms with Gasteiger partial charge in [0.1, 0.15) is 5.60 Å². The zero-order valence-electron chi connectivity index (χ0n) is 17.1. The Balaban J connectivity index is 1.73. The lowest BCUT2D eigenvalue weighted by Crippen LogP contribution is -2.56. The van der Waals surface area contributed by atoms with Gasteiger partial charge in [0.25, 0.3) is 5.91 Å². The van der Waals surface area contributed by atoms with Gasteiger partial charge in [0.05, 0.1) is 0 Å². The number of ether oxygens (including phenoxy) is 1. The van der Waals surface area contributed by atoms with Crippen molar-refractivity contribution in [1.82, 2.24) is 9.80 Å². The average molecular weight is 380 g/mol. The fourth-order valence-corrected chi connectivity index (χ4v) is 3.54. The van der Waals surface area contributed by atoms with E-state index >= 15 is 0 Å². The lowest BCUT2D eigenvalue weighted by atomic mass is 10.0. The Hall–Kier alpha value is -2.82. The number of nitrogens with zero attached hydrogens (tertiary/aromatic N) is 2. The monoisotopic (exact) mass is 380 g/mol. The molecule has 1 atom stereocenters. The SMILES string of the molecule is C=Cc1cccc2cc(C(=O)N3CCN(C(=O)OC(C)(C)C)[C@H](C)C3)ccc12. The predicted molar refractivity (Wildman–Crippen MR) is 112 cm³/mol. The molecule has 0 aliphatic carbocycles. The second kappa shape index (κ2) is 7.66.